The van der Waals surface area contributed by atoms with Crippen LogP contribution in [0.2, 0.25) is 0 Å². The van der Waals surface area contributed by atoms with Crippen molar-refractivity contribution >= 4 is 11.8 Å². The highest BCUT2D eigenvalue weighted by Gasteiger charge is 2.33. The van der Waals surface area contributed by atoms with Gasteiger partial charge in [0.05, 0.1) is 23.1 Å². The van der Waals surface area contributed by atoms with Gasteiger partial charge in [-0.3, -0.25) is 9.59 Å². The van der Waals surface area contributed by atoms with Crippen LogP contribution in [0, 0.1) is 6.92 Å². The SMILES string of the molecule is CC(=O)NCCCNC(=O)c1cnn(-c2ccccc2C)c1C1CC1. The Morgan fingerprint density at radius 3 is 2.60 bits per heavy atom. The second-order valence-corrected chi connectivity index (χ2v) is 6.51. The van der Waals surface area contributed by atoms with E-state index in [9.17, 15) is 9.59 Å². The number of aromatic nitrogens is 2. The van der Waals surface area contributed by atoms with Gasteiger partial charge in [-0.1, -0.05) is 18.2 Å². The minimum absolute atomic E-state index is 0.0538. The molecule has 3 rings (SSSR count). The molecule has 1 aliphatic rings. The molecule has 6 heteroatoms. The summed E-state index contributed by atoms with van der Waals surface area (Å²) in [7, 11) is 0. The van der Waals surface area contributed by atoms with Crippen molar-refractivity contribution in [3.63, 3.8) is 0 Å². The lowest BCUT2D eigenvalue weighted by Crippen LogP contribution is -2.29. The van der Waals surface area contributed by atoms with Crippen molar-refractivity contribution in [3.05, 3.63) is 47.3 Å². The van der Waals surface area contributed by atoms with Crippen molar-refractivity contribution in [2.24, 2.45) is 0 Å². The van der Waals surface area contributed by atoms with Crippen LogP contribution in [0.25, 0.3) is 5.69 Å². The number of rotatable bonds is 7. The molecule has 0 spiro atoms. The van der Waals surface area contributed by atoms with E-state index in [-0.39, 0.29) is 11.8 Å². The molecule has 1 fully saturated rings. The summed E-state index contributed by atoms with van der Waals surface area (Å²) >= 11 is 0. The van der Waals surface area contributed by atoms with E-state index in [1.807, 2.05) is 22.9 Å². The van der Waals surface area contributed by atoms with Crippen LogP contribution in [-0.4, -0.2) is 34.7 Å². The largest absolute Gasteiger partial charge is 0.356 e. The van der Waals surface area contributed by atoms with Gasteiger partial charge in [-0.15, -0.1) is 0 Å². The Morgan fingerprint density at radius 1 is 1.20 bits per heavy atom. The molecule has 6 nitrogen and oxygen atoms in total. The number of aryl methyl sites for hydroxylation is 1. The minimum atomic E-state index is -0.0930. The molecule has 2 N–H and O–H groups in total. The van der Waals surface area contributed by atoms with E-state index >= 15 is 0 Å². The molecule has 2 amide bonds. The van der Waals surface area contributed by atoms with Gasteiger partial charge in [-0.25, -0.2) is 4.68 Å². The molecule has 0 unspecified atom stereocenters. The summed E-state index contributed by atoms with van der Waals surface area (Å²) in [5.41, 5.74) is 3.82. The predicted molar refractivity (Wildman–Crippen MR) is 95.9 cm³/mol. The molecule has 1 aromatic heterocycles. The molecule has 0 atom stereocenters. The number of nitrogens with zero attached hydrogens (tertiary/aromatic N) is 2. The Morgan fingerprint density at radius 2 is 1.92 bits per heavy atom. The summed E-state index contributed by atoms with van der Waals surface area (Å²) in [6.07, 6.45) is 4.57. The van der Waals surface area contributed by atoms with Crippen LogP contribution in [0.15, 0.2) is 30.5 Å². The molecule has 1 saturated carbocycles. The predicted octanol–water partition coefficient (Wildman–Crippen LogP) is 2.31. The van der Waals surface area contributed by atoms with Crippen LogP contribution in [-0.2, 0) is 4.79 Å². The number of nitrogens with one attached hydrogen (secondary N) is 2. The number of para-hydroxylation sites is 1. The van der Waals surface area contributed by atoms with Gasteiger partial charge in [-0.2, -0.15) is 5.10 Å². The fraction of sp³-hybridized carbons (Fsp3) is 0.421. The molecule has 0 bridgehead atoms. The van der Waals surface area contributed by atoms with Crippen LogP contribution in [0.4, 0.5) is 0 Å². The van der Waals surface area contributed by atoms with Crippen LogP contribution in [0.3, 0.4) is 0 Å². The molecular formula is C19H24N4O2. The summed E-state index contributed by atoms with van der Waals surface area (Å²) < 4.78 is 1.92. The summed E-state index contributed by atoms with van der Waals surface area (Å²) in [6.45, 7) is 4.63. The third kappa shape index (κ3) is 4.07. The molecule has 1 heterocycles. The van der Waals surface area contributed by atoms with Gasteiger partial charge in [0.25, 0.3) is 5.91 Å². The maximum atomic E-state index is 12.6. The zero-order valence-electron chi connectivity index (χ0n) is 14.7. The second kappa shape index (κ2) is 7.51. The van der Waals surface area contributed by atoms with Crippen molar-refractivity contribution in [1.29, 1.82) is 0 Å². The number of carbonyl (C=O) groups is 2. The molecule has 1 aliphatic carbocycles. The zero-order valence-corrected chi connectivity index (χ0v) is 14.7. The maximum absolute atomic E-state index is 12.6. The number of benzene rings is 1. The number of amides is 2. The van der Waals surface area contributed by atoms with Crippen molar-refractivity contribution in [1.82, 2.24) is 20.4 Å². The third-order valence-corrected chi connectivity index (χ3v) is 4.37. The van der Waals surface area contributed by atoms with E-state index in [0.29, 0.717) is 31.0 Å². The normalized spacial score (nSPS) is 13.5. The molecule has 2 aromatic rings. The van der Waals surface area contributed by atoms with Crippen LogP contribution in [0.5, 0.6) is 0 Å². The van der Waals surface area contributed by atoms with Crippen LogP contribution in [0.1, 0.15) is 53.7 Å². The van der Waals surface area contributed by atoms with E-state index in [1.54, 1.807) is 6.20 Å². The summed E-state index contributed by atoms with van der Waals surface area (Å²) in [4.78, 5) is 23.4. The van der Waals surface area contributed by atoms with Crippen LogP contribution >= 0.6 is 0 Å². The Kier molecular flexibility index (Phi) is 5.16. The minimum Gasteiger partial charge on any atom is -0.356 e. The summed E-state index contributed by atoms with van der Waals surface area (Å²) in [5, 5.41) is 10.2. The highest BCUT2D eigenvalue weighted by molar-refractivity contribution is 5.95. The fourth-order valence-corrected chi connectivity index (χ4v) is 2.93. The van der Waals surface area contributed by atoms with E-state index in [0.717, 1.165) is 29.8 Å². The molecule has 0 radical (unpaired) electrons. The van der Waals surface area contributed by atoms with Gasteiger partial charge in [0, 0.05) is 25.9 Å². The van der Waals surface area contributed by atoms with Gasteiger partial charge in [0.2, 0.25) is 5.91 Å². The first-order valence-electron chi connectivity index (χ1n) is 8.74. The second-order valence-electron chi connectivity index (χ2n) is 6.51. The van der Waals surface area contributed by atoms with Gasteiger partial charge < -0.3 is 10.6 Å². The standard InChI is InChI=1S/C19H24N4O2/c1-13-6-3-4-7-17(13)23-18(15-8-9-15)16(12-22-23)19(25)21-11-5-10-20-14(2)24/h3-4,6-7,12,15H,5,8-11H2,1-2H3,(H,20,24)(H,21,25). The monoisotopic (exact) mass is 340 g/mol. The molecule has 1 aromatic carbocycles. The lowest BCUT2D eigenvalue weighted by Gasteiger charge is -2.11. The number of hydrogen-bond donors (Lipinski definition) is 2. The molecule has 132 valence electrons. The Bertz CT molecular complexity index is 777. The molecular weight excluding hydrogens is 316 g/mol. The van der Waals surface area contributed by atoms with Gasteiger partial charge >= 0.3 is 0 Å². The molecule has 25 heavy (non-hydrogen) atoms. The summed E-state index contributed by atoms with van der Waals surface area (Å²) in [6, 6.07) is 8.07. The topological polar surface area (TPSA) is 76.0 Å². The average molecular weight is 340 g/mol. The first kappa shape index (κ1) is 17.2. The third-order valence-electron chi connectivity index (χ3n) is 4.37. The van der Waals surface area contributed by atoms with Crippen LogP contribution < -0.4 is 10.6 Å². The zero-order chi connectivity index (χ0) is 17.8. The molecule has 0 saturated heterocycles. The lowest BCUT2D eigenvalue weighted by molar-refractivity contribution is -0.118. The van der Waals surface area contributed by atoms with Gasteiger partial charge in [-0.05, 0) is 37.8 Å². The van der Waals surface area contributed by atoms with Gasteiger partial charge in [0.15, 0.2) is 0 Å². The number of carbonyl (C=O) groups excluding carboxylic acids is 2. The van der Waals surface area contributed by atoms with Crippen molar-refractivity contribution in [2.75, 3.05) is 13.1 Å². The highest BCUT2D eigenvalue weighted by Crippen LogP contribution is 2.42. The Labute approximate surface area is 147 Å². The Hall–Kier alpha value is -2.63. The van der Waals surface area contributed by atoms with Crippen molar-refractivity contribution in [2.45, 2.75) is 39.0 Å². The lowest BCUT2D eigenvalue weighted by atomic mass is 10.1. The average Bonchev–Trinajstić information content (AvgIpc) is 3.33. The molecule has 0 aliphatic heterocycles. The van der Waals surface area contributed by atoms with Gasteiger partial charge in [0.1, 0.15) is 0 Å². The van der Waals surface area contributed by atoms with Crippen molar-refractivity contribution in [3.8, 4) is 5.69 Å². The first-order chi connectivity index (χ1) is 12.1. The quantitative estimate of drug-likeness (QED) is 0.760. The fourth-order valence-electron chi connectivity index (χ4n) is 2.93. The van der Waals surface area contributed by atoms with E-state index in [1.165, 1.54) is 6.92 Å². The van der Waals surface area contributed by atoms with Crippen molar-refractivity contribution < 1.29 is 9.59 Å². The Balaban J connectivity index is 1.73. The van der Waals surface area contributed by atoms with E-state index < -0.39 is 0 Å². The van der Waals surface area contributed by atoms with E-state index in [4.69, 9.17) is 0 Å². The maximum Gasteiger partial charge on any atom is 0.254 e. The number of hydrogen-bond acceptors (Lipinski definition) is 3. The first-order valence-corrected chi connectivity index (χ1v) is 8.74. The smallest absolute Gasteiger partial charge is 0.254 e. The van der Waals surface area contributed by atoms with E-state index in [2.05, 4.69) is 28.7 Å². The highest BCUT2D eigenvalue weighted by atomic mass is 16.2. The summed E-state index contributed by atoms with van der Waals surface area (Å²) in [5.74, 6) is 0.258.